The summed E-state index contributed by atoms with van der Waals surface area (Å²) in [5.74, 6) is 0.944. The van der Waals surface area contributed by atoms with Crippen molar-refractivity contribution in [2.24, 2.45) is 5.14 Å². The minimum absolute atomic E-state index is 0.0735. The first-order valence-corrected chi connectivity index (χ1v) is 14.0. The van der Waals surface area contributed by atoms with Gasteiger partial charge in [-0.2, -0.15) is 0 Å². The van der Waals surface area contributed by atoms with Crippen LogP contribution in [-0.2, 0) is 21.2 Å². The molecule has 1 amide bonds. The van der Waals surface area contributed by atoms with E-state index in [1.54, 1.807) is 12.1 Å². The largest absolute Gasteiger partial charge is 0.367 e. The van der Waals surface area contributed by atoms with Gasteiger partial charge in [-0.05, 0) is 49.1 Å². The average molecular weight is 500 g/mol. The fourth-order valence-electron chi connectivity index (χ4n) is 4.04. The van der Waals surface area contributed by atoms with Crippen molar-refractivity contribution in [1.82, 2.24) is 15.3 Å². The van der Waals surface area contributed by atoms with Crippen molar-refractivity contribution in [3.63, 3.8) is 0 Å². The first-order valence-electron chi connectivity index (χ1n) is 11.4. The molecular weight excluding hydrogens is 470 g/mol. The van der Waals surface area contributed by atoms with Crippen molar-refractivity contribution in [1.29, 1.82) is 0 Å². The van der Waals surface area contributed by atoms with Crippen molar-refractivity contribution in [2.45, 2.75) is 54.6 Å². The molecule has 3 aromatic rings. The Labute approximate surface area is 204 Å². The van der Waals surface area contributed by atoms with Crippen LogP contribution in [0.3, 0.4) is 0 Å². The molecule has 180 valence electrons. The van der Waals surface area contributed by atoms with E-state index in [-0.39, 0.29) is 16.6 Å². The molecule has 0 bridgehead atoms. The van der Waals surface area contributed by atoms with Gasteiger partial charge in [-0.3, -0.25) is 4.79 Å². The quantitative estimate of drug-likeness (QED) is 0.304. The van der Waals surface area contributed by atoms with Gasteiger partial charge in [0.15, 0.2) is 5.16 Å². The summed E-state index contributed by atoms with van der Waals surface area (Å²) in [4.78, 5) is 21.8. The van der Waals surface area contributed by atoms with Gasteiger partial charge in [-0.15, -0.1) is 0 Å². The fourth-order valence-corrected chi connectivity index (χ4v) is 5.24. The van der Waals surface area contributed by atoms with Gasteiger partial charge in [0.1, 0.15) is 5.82 Å². The highest BCUT2D eigenvalue weighted by atomic mass is 32.2. The Morgan fingerprint density at radius 3 is 2.50 bits per heavy atom. The lowest BCUT2D eigenvalue weighted by Gasteiger charge is -2.24. The third-order valence-corrected chi connectivity index (χ3v) is 7.63. The molecule has 2 aromatic carbocycles. The van der Waals surface area contributed by atoms with Gasteiger partial charge in [-0.1, -0.05) is 55.3 Å². The fraction of sp³-hybridized carbons (Fsp3) is 0.375. The van der Waals surface area contributed by atoms with E-state index in [2.05, 4.69) is 15.6 Å². The molecule has 0 atom stereocenters. The van der Waals surface area contributed by atoms with Gasteiger partial charge in [0, 0.05) is 18.0 Å². The number of carbonyl (C=O) groups excluding carboxylic acids is 1. The van der Waals surface area contributed by atoms with E-state index in [1.165, 1.54) is 43.2 Å². The van der Waals surface area contributed by atoms with E-state index in [9.17, 15) is 13.2 Å². The highest BCUT2D eigenvalue weighted by Gasteiger charge is 2.16. The number of nitrogens with zero attached hydrogens (tertiary/aromatic N) is 2. The zero-order valence-corrected chi connectivity index (χ0v) is 20.5. The minimum Gasteiger partial charge on any atom is -0.367 e. The van der Waals surface area contributed by atoms with Gasteiger partial charge in [0.25, 0.3) is 0 Å². The molecule has 4 N–H and O–H groups in total. The number of nitrogens with one attached hydrogen (secondary N) is 2. The summed E-state index contributed by atoms with van der Waals surface area (Å²) in [6.45, 7) is 0.446. The van der Waals surface area contributed by atoms with Crippen LogP contribution in [-0.4, -0.2) is 42.6 Å². The number of fused-ring (bicyclic) bond motifs is 1. The van der Waals surface area contributed by atoms with Crippen LogP contribution < -0.4 is 15.8 Å². The summed E-state index contributed by atoms with van der Waals surface area (Å²) in [5, 5.41) is 13.2. The number of para-hydroxylation sites is 1. The number of nitrogens with two attached hydrogens (primary N) is 1. The smallest absolute Gasteiger partial charge is 0.238 e. The first kappa shape index (κ1) is 24.4. The van der Waals surface area contributed by atoms with E-state index >= 15 is 0 Å². The summed E-state index contributed by atoms with van der Waals surface area (Å²) in [7, 11) is -3.70. The van der Waals surface area contributed by atoms with Gasteiger partial charge < -0.3 is 10.6 Å². The van der Waals surface area contributed by atoms with Gasteiger partial charge in [-0.25, -0.2) is 23.5 Å². The molecule has 10 heteroatoms. The van der Waals surface area contributed by atoms with Crippen LogP contribution in [0, 0.1) is 0 Å². The monoisotopic (exact) mass is 499 g/mol. The Bertz CT molecular complexity index is 1240. The summed E-state index contributed by atoms with van der Waals surface area (Å²) >= 11 is 1.32. The zero-order chi connectivity index (χ0) is 24.0. The van der Waals surface area contributed by atoms with Crippen LogP contribution >= 0.6 is 11.8 Å². The van der Waals surface area contributed by atoms with Gasteiger partial charge in [0.05, 0.1) is 16.2 Å². The number of rotatable bonds is 9. The molecule has 34 heavy (non-hydrogen) atoms. The molecule has 0 aliphatic heterocycles. The van der Waals surface area contributed by atoms with Crippen LogP contribution in [0.1, 0.15) is 37.7 Å². The zero-order valence-electron chi connectivity index (χ0n) is 18.9. The lowest BCUT2D eigenvalue weighted by Crippen LogP contribution is -2.27. The predicted molar refractivity (Wildman–Crippen MR) is 135 cm³/mol. The molecule has 1 aromatic heterocycles. The van der Waals surface area contributed by atoms with Crippen LogP contribution in [0.2, 0.25) is 0 Å². The molecular formula is C24H29N5O3S2. The van der Waals surface area contributed by atoms with Gasteiger partial charge >= 0.3 is 0 Å². The Morgan fingerprint density at radius 2 is 1.76 bits per heavy atom. The normalized spacial score (nSPS) is 14.7. The Hall–Kier alpha value is -2.69. The number of amides is 1. The van der Waals surface area contributed by atoms with E-state index in [0.29, 0.717) is 24.2 Å². The van der Waals surface area contributed by atoms with E-state index in [4.69, 9.17) is 10.1 Å². The number of hydrogen-bond acceptors (Lipinski definition) is 7. The third-order valence-electron chi connectivity index (χ3n) is 5.85. The van der Waals surface area contributed by atoms with Crippen molar-refractivity contribution in [3.05, 3.63) is 54.1 Å². The number of primary sulfonamides is 1. The molecule has 0 radical (unpaired) electrons. The van der Waals surface area contributed by atoms with Crippen molar-refractivity contribution in [3.8, 4) is 0 Å². The van der Waals surface area contributed by atoms with Crippen LogP contribution in [0.25, 0.3) is 10.9 Å². The number of thioether (sulfide) groups is 1. The Kier molecular flexibility index (Phi) is 8.02. The summed E-state index contributed by atoms with van der Waals surface area (Å²) in [6.07, 6.45) is 6.64. The number of benzene rings is 2. The summed E-state index contributed by atoms with van der Waals surface area (Å²) in [6, 6.07) is 14.7. The standard InChI is InChI=1S/C24H29N5O3S2/c25-34(31,32)19-12-10-17(11-13-19)14-15-26-22(30)16-33-24-28-21-9-5-4-8-20(21)23(29-24)27-18-6-2-1-3-7-18/h4-5,8-13,18H,1-3,6-7,14-16H2,(H,26,30)(H2,25,31,32)(H,27,28,29). The maximum atomic E-state index is 12.4. The van der Waals surface area contributed by atoms with Crippen LogP contribution in [0.5, 0.6) is 0 Å². The Balaban J connectivity index is 1.32. The highest BCUT2D eigenvalue weighted by Crippen LogP contribution is 2.27. The molecule has 1 aliphatic rings. The lowest BCUT2D eigenvalue weighted by molar-refractivity contribution is -0.118. The highest BCUT2D eigenvalue weighted by molar-refractivity contribution is 7.99. The topological polar surface area (TPSA) is 127 Å². The second-order valence-electron chi connectivity index (χ2n) is 8.43. The van der Waals surface area contributed by atoms with E-state index in [1.807, 2.05) is 24.3 Å². The number of carbonyl (C=O) groups is 1. The second-order valence-corrected chi connectivity index (χ2v) is 10.9. The molecule has 0 saturated heterocycles. The van der Waals surface area contributed by atoms with E-state index in [0.717, 1.165) is 35.1 Å². The number of anilines is 1. The summed E-state index contributed by atoms with van der Waals surface area (Å²) in [5.41, 5.74) is 1.78. The number of sulfonamides is 1. The van der Waals surface area contributed by atoms with Crippen molar-refractivity contribution in [2.75, 3.05) is 17.6 Å². The average Bonchev–Trinajstić information content (AvgIpc) is 2.83. The third kappa shape index (κ3) is 6.68. The van der Waals surface area contributed by atoms with Crippen molar-refractivity contribution >= 4 is 44.4 Å². The molecule has 4 rings (SSSR count). The maximum Gasteiger partial charge on any atom is 0.238 e. The molecule has 0 unspecified atom stereocenters. The molecule has 1 aliphatic carbocycles. The maximum absolute atomic E-state index is 12.4. The van der Waals surface area contributed by atoms with Crippen LogP contribution in [0.15, 0.2) is 58.6 Å². The number of aromatic nitrogens is 2. The molecule has 0 spiro atoms. The van der Waals surface area contributed by atoms with Crippen LogP contribution in [0.4, 0.5) is 5.82 Å². The van der Waals surface area contributed by atoms with E-state index < -0.39 is 10.0 Å². The lowest BCUT2D eigenvalue weighted by atomic mass is 9.95. The van der Waals surface area contributed by atoms with Crippen molar-refractivity contribution < 1.29 is 13.2 Å². The summed E-state index contributed by atoms with van der Waals surface area (Å²) < 4.78 is 22.7. The molecule has 1 saturated carbocycles. The first-order chi connectivity index (χ1) is 16.4. The SMILES string of the molecule is NS(=O)(=O)c1ccc(CCNC(=O)CSc2nc(NC3CCCCC3)c3ccccc3n2)cc1. The van der Waals surface area contributed by atoms with Gasteiger partial charge in [0.2, 0.25) is 15.9 Å². The second kappa shape index (κ2) is 11.2. The Morgan fingerprint density at radius 1 is 1.03 bits per heavy atom. The molecule has 1 heterocycles. The molecule has 1 fully saturated rings. The minimum atomic E-state index is -3.70. The predicted octanol–water partition coefficient (Wildman–Crippen LogP) is 3.47. The molecule has 8 nitrogen and oxygen atoms in total. The number of hydrogen-bond donors (Lipinski definition) is 3.